The standard InChI is InChI=1S/C13H20BrNO2/c1-5-17-10-7-8(6-9(14)11(10)16)12(15)13(2,3)4/h6-7,12,16H,5,15H2,1-4H3/t12-/m0/s1. The number of aromatic hydroxyl groups is 1. The van der Waals surface area contributed by atoms with Crippen LogP contribution in [0.5, 0.6) is 11.5 Å². The summed E-state index contributed by atoms with van der Waals surface area (Å²) in [5.74, 6) is 0.591. The lowest BCUT2D eigenvalue weighted by Crippen LogP contribution is -2.26. The van der Waals surface area contributed by atoms with Crippen LogP contribution in [0.3, 0.4) is 0 Å². The predicted octanol–water partition coefficient (Wildman–Crippen LogP) is 3.60. The summed E-state index contributed by atoms with van der Waals surface area (Å²) in [7, 11) is 0. The van der Waals surface area contributed by atoms with Gasteiger partial charge in [-0.1, -0.05) is 20.8 Å². The van der Waals surface area contributed by atoms with E-state index in [0.717, 1.165) is 5.56 Å². The smallest absolute Gasteiger partial charge is 0.172 e. The van der Waals surface area contributed by atoms with Gasteiger partial charge in [-0.2, -0.15) is 0 Å². The Morgan fingerprint density at radius 3 is 2.47 bits per heavy atom. The lowest BCUT2D eigenvalue weighted by atomic mass is 9.83. The maximum absolute atomic E-state index is 9.83. The normalized spacial score (nSPS) is 13.5. The molecule has 0 saturated carbocycles. The van der Waals surface area contributed by atoms with E-state index in [1.165, 1.54) is 0 Å². The van der Waals surface area contributed by atoms with Crippen molar-refractivity contribution in [2.24, 2.45) is 11.1 Å². The third-order valence-electron chi connectivity index (χ3n) is 2.64. The molecule has 96 valence electrons. The summed E-state index contributed by atoms with van der Waals surface area (Å²) in [4.78, 5) is 0. The highest BCUT2D eigenvalue weighted by Crippen LogP contribution is 2.40. The van der Waals surface area contributed by atoms with Crippen LogP contribution in [0.15, 0.2) is 16.6 Å². The van der Waals surface area contributed by atoms with Crippen LogP contribution in [0.25, 0.3) is 0 Å². The number of nitrogens with two attached hydrogens (primary N) is 1. The maximum Gasteiger partial charge on any atom is 0.172 e. The fraction of sp³-hybridized carbons (Fsp3) is 0.538. The lowest BCUT2D eigenvalue weighted by molar-refractivity contribution is 0.309. The third-order valence-corrected chi connectivity index (χ3v) is 3.25. The molecule has 0 aliphatic heterocycles. The molecule has 0 spiro atoms. The second kappa shape index (κ2) is 5.27. The van der Waals surface area contributed by atoms with E-state index in [1.807, 2.05) is 13.0 Å². The zero-order valence-corrected chi connectivity index (χ0v) is 12.3. The summed E-state index contributed by atoms with van der Waals surface area (Å²) in [6.07, 6.45) is 0. The van der Waals surface area contributed by atoms with Crippen LogP contribution in [0.2, 0.25) is 0 Å². The highest BCUT2D eigenvalue weighted by Gasteiger charge is 2.24. The summed E-state index contributed by atoms with van der Waals surface area (Å²) < 4.78 is 5.99. The van der Waals surface area contributed by atoms with Gasteiger partial charge in [0.1, 0.15) is 0 Å². The molecule has 17 heavy (non-hydrogen) atoms. The molecule has 0 aliphatic carbocycles. The molecule has 3 N–H and O–H groups in total. The molecular weight excluding hydrogens is 282 g/mol. The lowest BCUT2D eigenvalue weighted by Gasteiger charge is -2.28. The average molecular weight is 302 g/mol. The molecule has 0 bridgehead atoms. The van der Waals surface area contributed by atoms with Gasteiger partial charge < -0.3 is 15.6 Å². The highest BCUT2D eigenvalue weighted by molar-refractivity contribution is 9.10. The molecular formula is C13H20BrNO2. The Labute approximate surface area is 111 Å². The molecule has 0 amide bonds. The van der Waals surface area contributed by atoms with Gasteiger partial charge in [0.25, 0.3) is 0 Å². The summed E-state index contributed by atoms with van der Waals surface area (Å²) in [5.41, 5.74) is 7.11. The number of benzene rings is 1. The fourth-order valence-electron chi connectivity index (χ4n) is 1.54. The Balaban J connectivity index is 3.18. The van der Waals surface area contributed by atoms with Crippen molar-refractivity contribution < 1.29 is 9.84 Å². The fourth-order valence-corrected chi connectivity index (χ4v) is 2.00. The quantitative estimate of drug-likeness (QED) is 0.897. The van der Waals surface area contributed by atoms with E-state index < -0.39 is 0 Å². The Morgan fingerprint density at radius 2 is 2.00 bits per heavy atom. The van der Waals surface area contributed by atoms with Crippen LogP contribution in [-0.4, -0.2) is 11.7 Å². The SMILES string of the molecule is CCOc1cc([C@H](N)C(C)(C)C)cc(Br)c1O. The van der Waals surface area contributed by atoms with Crippen molar-refractivity contribution in [3.63, 3.8) is 0 Å². The first-order valence-corrected chi connectivity index (χ1v) is 6.47. The third kappa shape index (κ3) is 3.36. The van der Waals surface area contributed by atoms with Crippen molar-refractivity contribution in [1.82, 2.24) is 0 Å². The molecule has 1 aromatic rings. The molecule has 0 heterocycles. The van der Waals surface area contributed by atoms with E-state index in [1.54, 1.807) is 6.07 Å². The molecule has 0 aliphatic rings. The van der Waals surface area contributed by atoms with Crippen LogP contribution in [-0.2, 0) is 0 Å². The van der Waals surface area contributed by atoms with Gasteiger partial charge in [0.15, 0.2) is 11.5 Å². The van der Waals surface area contributed by atoms with Gasteiger partial charge >= 0.3 is 0 Å². The van der Waals surface area contributed by atoms with Crippen LogP contribution in [0.4, 0.5) is 0 Å². The molecule has 1 aromatic carbocycles. The van der Waals surface area contributed by atoms with Crippen molar-refractivity contribution in [3.05, 3.63) is 22.2 Å². The van der Waals surface area contributed by atoms with E-state index in [-0.39, 0.29) is 17.2 Å². The number of ether oxygens (including phenoxy) is 1. The van der Waals surface area contributed by atoms with Gasteiger partial charge in [-0.15, -0.1) is 0 Å². The average Bonchev–Trinajstić information content (AvgIpc) is 2.22. The van der Waals surface area contributed by atoms with Crippen molar-refractivity contribution >= 4 is 15.9 Å². The zero-order valence-electron chi connectivity index (χ0n) is 10.7. The number of phenolic OH excluding ortho intramolecular Hbond substituents is 1. The van der Waals surface area contributed by atoms with Crippen molar-refractivity contribution in [1.29, 1.82) is 0 Å². The van der Waals surface area contributed by atoms with Crippen molar-refractivity contribution in [2.75, 3.05) is 6.61 Å². The summed E-state index contributed by atoms with van der Waals surface area (Å²) in [6, 6.07) is 3.53. The van der Waals surface area contributed by atoms with Gasteiger partial charge in [-0.3, -0.25) is 0 Å². The predicted molar refractivity (Wildman–Crippen MR) is 73.4 cm³/mol. The first-order valence-electron chi connectivity index (χ1n) is 5.68. The first kappa shape index (κ1) is 14.3. The molecule has 0 aromatic heterocycles. The molecule has 3 nitrogen and oxygen atoms in total. The van der Waals surface area contributed by atoms with Crippen LogP contribution >= 0.6 is 15.9 Å². The van der Waals surface area contributed by atoms with Crippen molar-refractivity contribution in [2.45, 2.75) is 33.7 Å². The molecule has 0 unspecified atom stereocenters. The number of halogens is 1. The topological polar surface area (TPSA) is 55.5 Å². The molecule has 0 radical (unpaired) electrons. The number of hydrogen-bond donors (Lipinski definition) is 2. The molecule has 0 saturated heterocycles. The maximum atomic E-state index is 9.83. The minimum atomic E-state index is -0.112. The van der Waals surface area contributed by atoms with Gasteiger partial charge in [-0.05, 0) is 46.0 Å². The Kier molecular flexibility index (Phi) is 4.44. The van der Waals surface area contributed by atoms with Crippen LogP contribution in [0, 0.1) is 5.41 Å². The van der Waals surface area contributed by atoms with Gasteiger partial charge in [0.2, 0.25) is 0 Å². The Morgan fingerprint density at radius 1 is 1.41 bits per heavy atom. The second-order valence-electron chi connectivity index (χ2n) is 5.13. The van der Waals surface area contributed by atoms with Gasteiger partial charge in [0.05, 0.1) is 11.1 Å². The largest absolute Gasteiger partial charge is 0.503 e. The molecule has 4 heteroatoms. The number of hydrogen-bond acceptors (Lipinski definition) is 3. The highest BCUT2D eigenvalue weighted by atomic mass is 79.9. The van der Waals surface area contributed by atoms with Crippen molar-refractivity contribution in [3.8, 4) is 11.5 Å². The molecule has 1 atom stereocenters. The van der Waals surface area contributed by atoms with E-state index in [4.69, 9.17) is 10.5 Å². The number of rotatable bonds is 3. The van der Waals surface area contributed by atoms with E-state index >= 15 is 0 Å². The van der Waals surface area contributed by atoms with E-state index in [9.17, 15) is 5.11 Å². The summed E-state index contributed by atoms with van der Waals surface area (Å²) in [5, 5.41) is 9.83. The second-order valence-corrected chi connectivity index (χ2v) is 5.98. The number of phenols is 1. The van der Waals surface area contributed by atoms with E-state index in [2.05, 4.69) is 36.7 Å². The molecule has 0 fully saturated rings. The first-order chi connectivity index (χ1) is 7.77. The summed E-state index contributed by atoms with van der Waals surface area (Å²) >= 11 is 3.32. The minimum absolute atomic E-state index is 0.0418. The van der Waals surface area contributed by atoms with Gasteiger partial charge in [0, 0.05) is 6.04 Å². The molecule has 1 rings (SSSR count). The van der Waals surface area contributed by atoms with Crippen LogP contribution in [0.1, 0.15) is 39.3 Å². The monoisotopic (exact) mass is 301 g/mol. The Bertz CT molecular complexity index is 399. The van der Waals surface area contributed by atoms with Crippen LogP contribution < -0.4 is 10.5 Å². The van der Waals surface area contributed by atoms with Gasteiger partial charge in [-0.25, -0.2) is 0 Å². The zero-order chi connectivity index (χ0) is 13.2. The minimum Gasteiger partial charge on any atom is -0.503 e. The Hall–Kier alpha value is -0.740. The summed E-state index contributed by atoms with van der Waals surface area (Å²) in [6.45, 7) is 8.63. The van der Waals surface area contributed by atoms with E-state index in [0.29, 0.717) is 16.8 Å².